The molecule has 0 aromatic carbocycles. The maximum Gasteiger partial charge on any atom is 0.147 e. The van der Waals surface area contributed by atoms with Crippen LogP contribution in [-0.2, 0) is 6.42 Å². The molecule has 2 aromatic heterocycles. The number of hydrogen-bond acceptors (Lipinski definition) is 3. The minimum atomic E-state index is -0.900. The van der Waals surface area contributed by atoms with Crippen molar-refractivity contribution in [2.45, 2.75) is 45.3 Å². The largest absolute Gasteiger partial charge is 0.388 e. The molecule has 2 aromatic rings. The van der Waals surface area contributed by atoms with E-state index in [9.17, 15) is 9.50 Å². The summed E-state index contributed by atoms with van der Waals surface area (Å²) in [5, 5.41) is 14.6. The van der Waals surface area contributed by atoms with Gasteiger partial charge in [0.25, 0.3) is 0 Å². The van der Waals surface area contributed by atoms with Gasteiger partial charge in [-0.15, -0.1) is 0 Å². The maximum atomic E-state index is 13.5. The minimum absolute atomic E-state index is 0.261. The molecule has 4 nitrogen and oxygen atoms in total. The summed E-state index contributed by atoms with van der Waals surface area (Å²) < 4.78 is 15.5. The van der Waals surface area contributed by atoms with Crippen LogP contribution in [0.2, 0.25) is 0 Å². The van der Waals surface area contributed by atoms with E-state index in [1.165, 1.54) is 12.3 Å². The summed E-state index contributed by atoms with van der Waals surface area (Å²) in [5.41, 5.74) is 1.03. The van der Waals surface area contributed by atoms with Crippen LogP contribution >= 0.6 is 0 Å². The molecule has 0 bridgehead atoms. The van der Waals surface area contributed by atoms with Crippen molar-refractivity contribution in [3.63, 3.8) is 0 Å². The highest BCUT2D eigenvalue weighted by atomic mass is 19.1. The predicted molar refractivity (Wildman–Crippen MR) is 74.7 cm³/mol. The summed E-state index contributed by atoms with van der Waals surface area (Å²) in [6.07, 6.45) is 5.93. The molecule has 0 aliphatic rings. The van der Waals surface area contributed by atoms with Crippen molar-refractivity contribution in [1.82, 2.24) is 14.8 Å². The Bertz CT molecular complexity index is 552. The zero-order valence-electron chi connectivity index (χ0n) is 11.8. The number of pyridine rings is 1. The van der Waals surface area contributed by atoms with Gasteiger partial charge in [-0.1, -0.05) is 13.8 Å². The van der Waals surface area contributed by atoms with Gasteiger partial charge >= 0.3 is 0 Å². The average molecular weight is 277 g/mol. The summed E-state index contributed by atoms with van der Waals surface area (Å²) >= 11 is 0. The molecule has 2 rings (SSSR count). The van der Waals surface area contributed by atoms with Crippen molar-refractivity contribution < 1.29 is 9.50 Å². The van der Waals surface area contributed by atoms with Crippen LogP contribution in [0.5, 0.6) is 0 Å². The number of aliphatic hydroxyl groups excluding tert-OH is 1. The predicted octanol–water partition coefficient (Wildman–Crippen LogP) is 3.05. The third kappa shape index (κ3) is 3.22. The minimum Gasteiger partial charge on any atom is -0.388 e. The van der Waals surface area contributed by atoms with E-state index < -0.39 is 11.9 Å². The SMILES string of the molecule is CCC(CC)n1ccc(CC(O)c2ccncc2F)n1. The van der Waals surface area contributed by atoms with E-state index in [2.05, 4.69) is 23.9 Å². The molecule has 0 saturated heterocycles. The van der Waals surface area contributed by atoms with Gasteiger partial charge < -0.3 is 5.11 Å². The Balaban J connectivity index is 2.09. The fraction of sp³-hybridized carbons (Fsp3) is 0.467. The van der Waals surface area contributed by atoms with Gasteiger partial charge in [-0.05, 0) is 25.0 Å². The topological polar surface area (TPSA) is 50.9 Å². The Hall–Kier alpha value is -1.75. The van der Waals surface area contributed by atoms with Gasteiger partial charge in [0.05, 0.1) is 24.0 Å². The molecule has 20 heavy (non-hydrogen) atoms. The van der Waals surface area contributed by atoms with E-state index in [1.807, 2.05) is 16.9 Å². The smallest absolute Gasteiger partial charge is 0.147 e. The first-order valence-corrected chi connectivity index (χ1v) is 6.97. The van der Waals surface area contributed by atoms with Gasteiger partial charge in [-0.25, -0.2) is 4.39 Å². The molecule has 1 N–H and O–H groups in total. The Labute approximate surface area is 118 Å². The van der Waals surface area contributed by atoms with E-state index in [0.717, 1.165) is 24.7 Å². The molecule has 0 radical (unpaired) electrons. The Morgan fingerprint density at radius 3 is 2.70 bits per heavy atom. The first-order valence-electron chi connectivity index (χ1n) is 6.97. The summed E-state index contributed by atoms with van der Waals surface area (Å²) in [5.74, 6) is -0.487. The van der Waals surface area contributed by atoms with Crippen LogP contribution in [0.4, 0.5) is 4.39 Å². The van der Waals surface area contributed by atoms with Crippen LogP contribution in [0.1, 0.15) is 50.1 Å². The third-order valence-corrected chi connectivity index (χ3v) is 3.55. The van der Waals surface area contributed by atoms with Gasteiger partial charge in [0.15, 0.2) is 0 Å². The van der Waals surface area contributed by atoms with E-state index in [1.54, 1.807) is 0 Å². The van der Waals surface area contributed by atoms with Crippen LogP contribution in [0.25, 0.3) is 0 Å². The molecular formula is C15H20FN3O. The highest BCUT2D eigenvalue weighted by Crippen LogP contribution is 2.21. The molecule has 1 atom stereocenters. The first kappa shape index (κ1) is 14.7. The summed E-state index contributed by atoms with van der Waals surface area (Å²) in [7, 11) is 0. The molecule has 5 heteroatoms. The highest BCUT2D eigenvalue weighted by Gasteiger charge is 2.15. The number of rotatable bonds is 6. The monoisotopic (exact) mass is 277 g/mol. The molecule has 2 heterocycles. The van der Waals surface area contributed by atoms with Crippen molar-refractivity contribution in [2.75, 3.05) is 0 Å². The number of halogens is 1. The van der Waals surface area contributed by atoms with Gasteiger partial charge in [-0.3, -0.25) is 9.67 Å². The maximum absolute atomic E-state index is 13.5. The summed E-state index contributed by atoms with van der Waals surface area (Å²) in [6.45, 7) is 4.24. The first-order chi connectivity index (χ1) is 9.65. The van der Waals surface area contributed by atoms with Crippen LogP contribution in [0.15, 0.2) is 30.7 Å². The van der Waals surface area contributed by atoms with E-state index >= 15 is 0 Å². The van der Waals surface area contributed by atoms with Crippen molar-refractivity contribution in [3.05, 3.63) is 47.8 Å². The summed E-state index contributed by atoms with van der Waals surface area (Å²) in [6, 6.07) is 3.75. The highest BCUT2D eigenvalue weighted by molar-refractivity contribution is 5.17. The standard InChI is InChI=1S/C15H20FN3O/c1-3-12(4-2)19-8-6-11(18-19)9-15(20)13-5-7-17-10-14(13)16/h5-8,10,12,15,20H,3-4,9H2,1-2H3. The Morgan fingerprint density at radius 2 is 2.05 bits per heavy atom. The number of nitrogens with zero attached hydrogens (tertiary/aromatic N) is 3. The molecule has 0 aliphatic carbocycles. The number of hydrogen-bond donors (Lipinski definition) is 1. The molecule has 0 spiro atoms. The molecule has 0 saturated carbocycles. The summed E-state index contributed by atoms with van der Waals surface area (Å²) in [4.78, 5) is 3.68. The van der Waals surface area contributed by atoms with E-state index in [-0.39, 0.29) is 5.56 Å². The molecular weight excluding hydrogens is 257 g/mol. The van der Waals surface area contributed by atoms with E-state index in [0.29, 0.717) is 12.5 Å². The fourth-order valence-corrected chi connectivity index (χ4v) is 2.32. The normalized spacial score (nSPS) is 12.8. The Kier molecular flexibility index (Phi) is 4.84. The molecule has 0 amide bonds. The van der Waals surface area contributed by atoms with Gasteiger partial charge in [0.1, 0.15) is 5.82 Å². The second-order valence-electron chi connectivity index (χ2n) is 4.87. The number of aromatic nitrogens is 3. The van der Waals surface area contributed by atoms with Crippen LogP contribution < -0.4 is 0 Å². The lowest BCUT2D eigenvalue weighted by atomic mass is 10.1. The average Bonchev–Trinajstić information content (AvgIpc) is 2.89. The third-order valence-electron chi connectivity index (χ3n) is 3.55. The second-order valence-corrected chi connectivity index (χ2v) is 4.87. The van der Waals surface area contributed by atoms with Crippen LogP contribution in [0, 0.1) is 5.82 Å². The van der Waals surface area contributed by atoms with Crippen molar-refractivity contribution in [1.29, 1.82) is 0 Å². The van der Waals surface area contributed by atoms with Gasteiger partial charge in [0.2, 0.25) is 0 Å². The van der Waals surface area contributed by atoms with Crippen molar-refractivity contribution >= 4 is 0 Å². The molecule has 0 aliphatic heterocycles. The zero-order chi connectivity index (χ0) is 14.5. The quantitative estimate of drug-likeness (QED) is 0.883. The second kappa shape index (κ2) is 6.61. The fourth-order valence-electron chi connectivity index (χ4n) is 2.32. The lowest BCUT2D eigenvalue weighted by Gasteiger charge is -2.13. The molecule has 108 valence electrons. The molecule has 1 unspecified atom stereocenters. The number of aliphatic hydroxyl groups is 1. The zero-order valence-corrected chi connectivity index (χ0v) is 11.8. The van der Waals surface area contributed by atoms with Crippen LogP contribution in [0.3, 0.4) is 0 Å². The van der Waals surface area contributed by atoms with Crippen molar-refractivity contribution in [2.24, 2.45) is 0 Å². The van der Waals surface area contributed by atoms with E-state index in [4.69, 9.17) is 0 Å². The van der Waals surface area contributed by atoms with Crippen LogP contribution in [-0.4, -0.2) is 19.9 Å². The molecule has 0 fully saturated rings. The lowest BCUT2D eigenvalue weighted by Crippen LogP contribution is -2.09. The Morgan fingerprint density at radius 1 is 1.30 bits per heavy atom. The van der Waals surface area contributed by atoms with Gasteiger partial charge in [0, 0.05) is 24.4 Å². The lowest BCUT2D eigenvalue weighted by molar-refractivity contribution is 0.171. The van der Waals surface area contributed by atoms with Crippen molar-refractivity contribution in [3.8, 4) is 0 Å². The van der Waals surface area contributed by atoms with Gasteiger partial charge in [-0.2, -0.15) is 5.10 Å².